The van der Waals surface area contributed by atoms with Crippen LogP contribution in [-0.2, 0) is 9.53 Å². The number of carbonyl (C=O) groups excluding carboxylic acids is 1. The van der Waals surface area contributed by atoms with Crippen molar-refractivity contribution in [3.05, 3.63) is 0 Å². The Hall–Kier alpha value is -0.610. The van der Waals surface area contributed by atoms with Crippen LogP contribution in [0, 0.1) is 11.8 Å². The monoisotopic (exact) mass is 268 g/mol. The van der Waals surface area contributed by atoms with Crippen molar-refractivity contribution in [1.29, 1.82) is 0 Å². The fourth-order valence-corrected chi connectivity index (χ4v) is 3.08. The van der Waals surface area contributed by atoms with E-state index in [1.54, 1.807) is 0 Å². The number of ether oxygens (including phenoxy) is 1. The van der Waals surface area contributed by atoms with Crippen LogP contribution in [0.2, 0.25) is 0 Å². The van der Waals surface area contributed by atoms with Crippen LogP contribution in [-0.4, -0.2) is 50.2 Å². The van der Waals surface area contributed by atoms with Gasteiger partial charge < -0.3 is 15.0 Å². The first-order chi connectivity index (χ1) is 9.21. The van der Waals surface area contributed by atoms with Crippen LogP contribution in [0.1, 0.15) is 39.0 Å². The molecule has 1 heterocycles. The quantitative estimate of drug-likeness (QED) is 0.713. The fourth-order valence-electron chi connectivity index (χ4n) is 3.08. The van der Waals surface area contributed by atoms with Crippen molar-refractivity contribution in [2.75, 3.05) is 33.3 Å². The van der Waals surface area contributed by atoms with E-state index in [-0.39, 0.29) is 5.97 Å². The normalized spacial score (nSPS) is 28.3. The summed E-state index contributed by atoms with van der Waals surface area (Å²) in [5, 5.41) is 3.62. The zero-order chi connectivity index (χ0) is 13.7. The van der Waals surface area contributed by atoms with Crippen molar-refractivity contribution >= 4 is 5.97 Å². The van der Waals surface area contributed by atoms with E-state index in [4.69, 9.17) is 4.74 Å². The molecule has 1 saturated carbocycles. The summed E-state index contributed by atoms with van der Waals surface area (Å²) in [6.07, 6.45) is 5.63. The number of rotatable bonds is 7. The molecule has 19 heavy (non-hydrogen) atoms. The van der Waals surface area contributed by atoms with E-state index < -0.39 is 0 Å². The molecular weight excluding hydrogens is 240 g/mol. The van der Waals surface area contributed by atoms with Crippen molar-refractivity contribution in [3.8, 4) is 0 Å². The van der Waals surface area contributed by atoms with Gasteiger partial charge in [0.1, 0.15) is 0 Å². The number of likely N-dealkylation sites (tertiary alicyclic amines) is 1. The third kappa shape index (κ3) is 5.11. The molecule has 0 radical (unpaired) electrons. The van der Waals surface area contributed by atoms with Crippen LogP contribution in [0.25, 0.3) is 0 Å². The molecule has 4 nitrogen and oxygen atoms in total. The Morgan fingerprint density at radius 3 is 2.74 bits per heavy atom. The minimum absolute atomic E-state index is 0.0625. The lowest BCUT2D eigenvalue weighted by molar-refractivity contribution is -0.142. The largest absolute Gasteiger partial charge is 0.469 e. The van der Waals surface area contributed by atoms with Gasteiger partial charge in [-0.3, -0.25) is 4.79 Å². The summed E-state index contributed by atoms with van der Waals surface area (Å²) in [7, 11) is 1.49. The molecule has 0 amide bonds. The third-order valence-corrected chi connectivity index (χ3v) is 4.19. The molecule has 2 fully saturated rings. The number of nitrogens with one attached hydrogen (secondary N) is 1. The molecule has 4 heteroatoms. The maximum absolute atomic E-state index is 11.5. The standard InChI is InChI=1S/C15H28N2O2/c1-3-6-16-14-7-13(8-15(18)19-2)10-17(11-14)9-12-4-5-12/h12-14,16H,3-11H2,1-2H3. The number of hydrogen-bond acceptors (Lipinski definition) is 4. The Kier molecular flexibility index (Phi) is 5.64. The highest BCUT2D eigenvalue weighted by Crippen LogP contribution is 2.31. The topological polar surface area (TPSA) is 41.6 Å². The lowest BCUT2D eigenvalue weighted by Gasteiger charge is -2.38. The second kappa shape index (κ2) is 7.25. The van der Waals surface area contributed by atoms with Gasteiger partial charge in [-0.1, -0.05) is 6.92 Å². The van der Waals surface area contributed by atoms with Gasteiger partial charge in [0.2, 0.25) is 0 Å². The summed E-state index contributed by atoms with van der Waals surface area (Å²) in [4.78, 5) is 14.0. The molecule has 2 aliphatic rings. The van der Waals surface area contributed by atoms with E-state index in [9.17, 15) is 4.79 Å². The van der Waals surface area contributed by atoms with Crippen LogP contribution in [0.3, 0.4) is 0 Å². The molecule has 2 atom stereocenters. The van der Waals surface area contributed by atoms with E-state index in [1.807, 2.05) is 0 Å². The number of carbonyl (C=O) groups is 1. The number of esters is 1. The average Bonchev–Trinajstić information content (AvgIpc) is 3.20. The second-order valence-corrected chi connectivity index (χ2v) is 6.19. The van der Waals surface area contributed by atoms with Gasteiger partial charge in [0.15, 0.2) is 0 Å². The number of nitrogens with zero attached hydrogens (tertiary/aromatic N) is 1. The van der Waals surface area contributed by atoms with Gasteiger partial charge in [-0.15, -0.1) is 0 Å². The summed E-state index contributed by atoms with van der Waals surface area (Å²) >= 11 is 0. The number of piperidine rings is 1. The highest BCUT2D eigenvalue weighted by Gasteiger charge is 2.32. The Labute approximate surface area is 116 Å². The first-order valence-corrected chi connectivity index (χ1v) is 7.73. The molecule has 0 aromatic rings. The number of methoxy groups -OCH3 is 1. The minimum atomic E-state index is -0.0625. The Morgan fingerprint density at radius 2 is 2.11 bits per heavy atom. The Balaban J connectivity index is 1.84. The van der Waals surface area contributed by atoms with E-state index in [2.05, 4.69) is 17.1 Å². The lowest BCUT2D eigenvalue weighted by Crippen LogP contribution is -2.50. The molecule has 0 bridgehead atoms. The first kappa shape index (κ1) is 14.8. The average molecular weight is 268 g/mol. The van der Waals surface area contributed by atoms with Gasteiger partial charge >= 0.3 is 5.97 Å². The zero-order valence-electron chi connectivity index (χ0n) is 12.4. The van der Waals surface area contributed by atoms with Crippen LogP contribution < -0.4 is 5.32 Å². The van der Waals surface area contributed by atoms with E-state index in [0.717, 1.165) is 32.0 Å². The summed E-state index contributed by atoms with van der Waals surface area (Å²) in [5.41, 5.74) is 0. The van der Waals surface area contributed by atoms with Crippen molar-refractivity contribution in [3.63, 3.8) is 0 Å². The molecule has 2 unspecified atom stereocenters. The Morgan fingerprint density at radius 1 is 1.32 bits per heavy atom. The predicted molar refractivity (Wildman–Crippen MR) is 76.0 cm³/mol. The maximum Gasteiger partial charge on any atom is 0.305 e. The fraction of sp³-hybridized carbons (Fsp3) is 0.933. The summed E-state index contributed by atoms with van der Waals surface area (Å²) < 4.78 is 4.82. The molecule has 0 aromatic carbocycles. The highest BCUT2D eigenvalue weighted by atomic mass is 16.5. The van der Waals surface area contributed by atoms with Gasteiger partial charge in [-0.05, 0) is 44.1 Å². The van der Waals surface area contributed by atoms with Crippen molar-refractivity contribution in [2.24, 2.45) is 11.8 Å². The molecule has 1 saturated heterocycles. The van der Waals surface area contributed by atoms with Crippen molar-refractivity contribution in [2.45, 2.75) is 45.1 Å². The van der Waals surface area contributed by atoms with Gasteiger partial charge in [0.05, 0.1) is 7.11 Å². The SMILES string of the molecule is CCCNC1CC(CC(=O)OC)CN(CC2CC2)C1. The summed E-state index contributed by atoms with van der Waals surface area (Å²) in [5.74, 6) is 1.31. The van der Waals surface area contributed by atoms with E-state index >= 15 is 0 Å². The van der Waals surface area contributed by atoms with Crippen molar-refractivity contribution in [1.82, 2.24) is 10.2 Å². The van der Waals surface area contributed by atoms with Crippen LogP contribution in [0.15, 0.2) is 0 Å². The van der Waals surface area contributed by atoms with Crippen LogP contribution in [0.5, 0.6) is 0 Å². The molecule has 1 aliphatic heterocycles. The first-order valence-electron chi connectivity index (χ1n) is 7.73. The van der Waals surface area contributed by atoms with Crippen LogP contribution >= 0.6 is 0 Å². The Bertz CT molecular complexity index is 292. The van der Waals surface area contributed by atoms with E-state index in [0.29, 0.717) is 18.4 Å². The molecule has 1 aliphatic carbocycles. The second-order valence-electron chi connectivity index (χ2n) is 6.19. The maximum atomic E-state index is 11.5. The van der Waals surface area contributed by atoms with Gasteiger partial charge in [0, 0.05) is 32.1 Å². The predicted octanol–water partition coefficient (Wildman–Crippen LogP) is 1.65. The summed E-state index contributed by atoms with van der Waals surface area (Å²) in [6, 6.07) is 0.544. The van der Waals surface area contributed by atoms with Crippen molar-refractivity contribution < 1.29 is 9.53 Å². The third-order valence-electron chi connectivity index (χ3n) is 4.19. The van der Waals surface area contributed by atoms with Gasteiger partial charge in [-0.2, -0.15) is 0 Å². The molecule has 2 rings (SSSR count). The van der Waals surface area contributed by atoms with Crippen LogP contribution in [0.4, 0.5) is 0 Å². The molecule has 110 valence electrons. The van der Waals surface area contributed by atoms with Gasteiger partial charge in [-0.25, -0.2) is 0 Å². The molecule has 0 spiro atoms. The smallest absolute Gasteiger partial charge is 0.305 e. The van der Waals surface area contributed by atoms with E-state index in [1.165, 1.54) is 32.9 Å². The zero-order valence-corrected chi connectivity index (χ0v) is 12.4. The van der Waals surface area contributed by atoms with Gasteiger partial charge in [0.25, 0.3) is 0 Å². The lowest BCUT2D eigenvalue weighted by atomic mass is 9.91. The molecule has 0 aromatic heterocycles. The minimum Gasteiger partial charge on any atom is -0.469 e. The molecular formula is C15H28N2O2. The number of hydrogen-bond donors (Lipinski definition) is 1. The summed E-state index contributed by atoms with van der Waals surface area (Å²) in [6.45, 7) is 6.71. The highest BCUT2D eigenvalue weighted by molar-refractivity contribution is 5.69. The molecule has 1 N–H and O–H groups in total.